The highest BCUT2D eigenvalue weighted by Crippen LogP contribution is 2.54. The summed E-state index contributed by atoms with van der Waals surface area (Å²) in [6.45, 7) is 11.8. The standard InChI is InChI=1S/C18H26ClN3O.C10H17N.C8H11ClN2O2.ClH/c1-18(2,3)22-16(19)14(9-20-22)17(23)21-15-12-5-10-4-11(7-12)8-13(15)6-10;11-10-8-2-6-1-7(4-8)5-9(10)3-6;1-8(2,3)11-6(9)5(4-10-11)7(12)13;/h9-13,15H,4-8H2,1-3H3,(H,21,23);6-10H,1-5,11H2;4H,1-3H3,(H,12,13);1H. The lowest BCUT2D eigenvalue weighted by Crippen LogP contribution is -2.55. The van der Waals surface area contributed by atoms with Crippen LogP contribution in [0.5, 0.6) is 0 Å². The molecule has 2 heterocycles. The van der Waals surface area contributed by atoms with Crippen LogP contribution in [0.15, 0.2) is 12.4 Å². The van der Waals surface area contributed by atoms with Gasteiger partial charge in [-0.15, -0.1) is 12.4 Å². The van der Waals surface area contributed by atoms with Crippen LogP contribution >= 0.6 is 35.6 Å². The van der Waals surface area contributed by atoms with Gasteiger partial charge in [0.1, 0.15) is 15.9 Å². The van der Waals surface area contributed by atoms with Gasteiger partial charge in [0.15, 0.2) is 0 Å². The Labute approximate surface area is 301 Å². The van der Waals surface area contributed by atoms with Gasteiger partial charge in [-0.2, -0.15) is 10.2 Å². The minimum atomic E-state index is -1.06. The monoisotopic (exact) mass is 724 g/mol. The number of aromatic nitrogens is 4. The van der Waals surface area contributed by atoms with Crippen molar-refractivity contribution in [2.45, 2.75) is 129 Å². The average molecular weight is 726 g/mol. The van der Waals surface area contributed by atoms with E-state index >= 15 is 0 Å². The highest BCUT2D eigenvalue weighted by Gasteiger charge is 2.49. The Morgan fingerprint density at radius 3 is 1.40 bits per heavy atom. The lowest BCUT2D eigenvalue weighted by molar-refractivity contribution is -0.0119. The van der Waals surface area contributed by atoms with Crippen LogP contribution in [0.2, 0.25) is 10.3 Å². The SMILES string of the molecule is CC(C)(C)n1ncc(C(=O)NC2C3CC4CC(C3)CC2C4)c1Cl.CC(C)(C)n1ncc(C(=O)O)c1Cl.Cl.NC1C2CC3CC(C2)CC1C3. The molecule has 0 radical (unpaired) electrons. The second-order valence-corrected chi connectivity index (χ2v) is 18.3. The van der Waals surface area contributed by atoms with Crippen molar-refractivity contribution in [2.75, 3.05) is 0 Å². The van der Waals surface area contributed by atoms with Crippen LogP contribution in [0.3, 0.4) is 0 Å². The van der Waals surface area contributed by atoms with Gasteiger partial charge < -0.3 is 16.2 Å². The minimum absolute atomic E-state index is 0. The van der Waals surface area contributed by atoms with E-state index in [2.05, 4.69) is 15.5 Å². The number of halogens is 3. The Morgan fingerprint density at radius 1 is 0.708 bits per heavy atom. The molecule has 0 spiro atoms. The molecule has 2 aromatic rings. The number of carboxylic acids is 1. The minimum Gasteiger partial charge on any atom is -0.478 e. The Hall–Kier alpha value is -1.81. The molecular weight excluding hydrogens is 671 g/mol. The first-order valence-corrected chi connectivity index (χ1v) is 18.5. The van der Waals surface area contributed by atoms with Crippen molar-refractivity contribution in [3.8, 4) is 0 Å². The van der Waals surface area contributed by atoms with Gasteiger partial charge in [-0.05, 0) is 153 Å². The summed E-state index contributed by atoms with van der Waals surface area (Å²) >= 11 is 12.2. The fourth-order valence-corrected chi connectivity index (χ4v) is 11.1. The molecule has 12 heteroatoms. The Morgan fingerprint density at radius 2 is 1.06 bits per heavy atom. The summed E-state index contributed by atoms with van der Waals surface area (Å²) in [7, 11) is 0. The average Bonchev–Trinajstić information content (AvgIpc) is 3.56. The fraction of sp³-hybridized carbons (Fsp3) is 0.778. The van der Waals surface area contributed by atoms with Crippen LogP contribution < -0.4 is 11.1 Å². The molecule has 0 aliphatic heterocycles. The highest BCUT2D eigenvalue weighted by atomic mass is 35.5. The van der Waals surface area contributed by atoms with Crippen molar-refractivity contribution < 1.29 is 14.7 Å². The van der Waals surface area contributed by atoms with Gasteiger partial charge >= 0.3 is 5.97 Å². The number of carbonyl (C=O) groups excluding carboxylic acids is 1. The number of aromatic carboxylic acids is 1. The number of nitrogens with two attached hydrogens (primary N) is 1. The molecule has 268 valence electrons. The van der Waals surface area contributed by atoms with E-state index in [0.29, 0.717) is 34.6 Å². The molecular formula is C36H55Cl3N6O3. The largest absolute Gasteiger partial charge is 0.478 e. The summed E-state index contributed by atoms with van der Waals surface area (Å²) in [6.07, 6.45) is 16.9. The van der Waals surface area contributed by atoms with E-state index in [1.807, 2.05) is 41.5 Å². The van der Waals surface area contributed by atoms with Gasteiger partial charge in [0.2, 0.25) is 0 Å². The second-order valence-electron chi connectivity index (χ2n) is 17.6. The topological polar surface area (TPSA) is 128 Å². The molecule has 8 fully saturated rings. The first-order valence-electron chi connectivity index (χ1n) is 17.8. The van der Waals surface area contributed by atoms with Crippen LogP contribution in [0.25, 0.3) is 0 Å². The quantitative estimate of drug-likeness (QED) is 0.294. The van der Waals surface area contributed by atoms with Crippen molar-refractivity contribution in [1.29, 1.82) is 0 Å². The van der Waals surface area contributed by atoms with E-state index in [4.69, 9.17) is 34.0 Å². The van der Waals surface area contributed by atoms with E-state index < -0.39 is 5.97 Å². The fourth-order valence-electron chi connectivity index (χ4n) is 10.3. The molecule has 8 saturated carbocycles. The molecule has 8 aliphatic rings. The molecule has 0 atom stereocenters. The van der Waals surface area contributed by atoms with Crippen molar-refractivity contribution >= 4 is 47.5 Å². The molecule has 0 unspecified atom stereocenters. The second kappa shape index (κ2) is 14.1. The number of nitrogens with zero attached hydrogens (tertiary/aromatic N) is 4. The third kappa shape index (κ3) is 7.59. The lowest BCUT2D eigenvalue weighted by Gasteiger charge is -2.54. The summed E-state index contributed by atoms with van der Waals surface area (Å²) in [6, 6.07) is 0.923. The Bertz CT molecular complexity index is 1420. The molecule has 2 aromatic heterocycles. The number of nitrogens with one attached hydrogen (secondary N) is 1. The predicted molar refractivity (Wildman–Crippen MR) is 192 cm³/mol. The number of rotatable bonds is 3. The van der Waals surface area contributed by atoms with Gasteiger partial charge in [0, 0.05) is 12.1 Å². The third-order valence-electron chi connectivity index (χ3n) is 12.0. The van der Waals surface area contributed by atoms with Gasteiger partial charge in [-0.3, -0.25) is 4.79 Å². The number of carboxylic acid groups (broad SMARTS) is 1. The molecule has 10 rings (SSSR count). The molecule has 0 saturated heterocycles. The van der Waals surface area contributed by atoms with E-state index in [9.17, 15) is 9.59 Å². The van der Waals surface area contributed by atoms with Crippen LogP contribution in [0.4, 0.5) is 0 Å². The van der Waals surface area contributed by atoms with E-state index in [0.717, 1.165) is 35.5 Å². The van der Waals surface area contributed by atoms with E-state index in [1.54, 1.807) is 17.3 Å². The van der Waals surface area contributed by atoms with Crippen LogP contribution in [-0.2, 0) is 11.1 Å². The van der Waals surface area contributed by atoms with Crippen molar-refractivity contribution in [3.05, 3.63) is 33.8 Å². The summed E-state index contributed by atoms with van der Waals surface area (Å²) in [5, 5.41) is 20.9. The molecule has 48 heavy (non-hydrogen) atoms. The molecule has 4 N–H and O–H groups in total. The van der Waals surface area contributed by atoms with E-state index in [1.165, 1.54) is 68.7 Å². The maximum atomic E-state index is 12.7. The predicted octanol–water partition coefficient (Wildman–Crippen LogP) is 8.03. The number of amides is 1. The maximum Gasteiger partial charge on any atom is 0.340 e. The van der Waals surface area contributed by atoms with Gasteiger partial charge in [0.05, 0.1) is 29.0 Å². The Balaban J connectivity index is 0.000000153. The summed E-state index contributed by atoms with van der Waals surface area (Å²) in [4.78, 5) is 23.4. The summed E-state index contributed by atoms with van der Waals surface area (Å²) in [5.41, 5.74) is 6.19. The molecule has 8 bridgehead atoms. The summed E-state index contributed by atoms with van der Waals surface area (Å²) in [5.74, 6) is 6.07. The zero-order valence-electron chi connectivity index (χ0n) is 29.3. The number of hydrogen-bond donors (Lipinski definition) is 3. The molecule has 8 aliphatic carbocycles. The van der Waals surface area contributed by atoms with Crippen molar-refractivity contribution in [3.63, 3.8) is 0 Å². The molecule has 9 nitrogen and oxygen atoms in total. The zero-order valence-corrected chi connectivity index (χ0v) is 31.6. The van der Waals surface area contributed by atoms with Gasteiger partial charge in [-0.25, -0.2) is 14.2 Å². The first kappa shape index (κ1) is 37.4. The van der Waals surface area contributed by atoms with Crippen LogP contribution in [-0.4, -0.2) is 48.6 Å². The Kier molecular flexibility index (Phi) is 11.0. The maximum absolute atomic E-state index is 12.7. The summed E-state index contributed by atoms with van der Waals surface area (Å²) < 4.78 is 3.21. The van der Waals surface area contributed by atoms with Crippen LogP contribution in [0, 0.1) is 47.3 Å². The first-order chi connectivity index (χ1) is 22.0. The van der Waals surface area contributed by atoms with Gasteiger partial charge in [0.25, 0.3) is 5.91 Å². The highest BCUT2D eigenvalue weighted by molar-refractivity contribution is 6.33. The molecule has 0 aromatic carbocycles. The number of carbonyl (C=O) groups is 2. The van der Waals surface area contributed by atoms with Gasteiger partial charge in [-0.1, -0.05) is 23.2 Å². The van der Waals surface area contributed by atoms with Crippen molar-refractivity contribution in [2.24, 2.45) is 53.1 Å². The van der Waals surface area contributed by atoms with Crippen LogP contribution in [0.1, 0.15) is 126 Å². The number of hydrogen-bond acceptors (Lipinski definition) is 5. The van der Waals surface area contributed by atoms with Crippen molar-refractivity contribution in [1.82, 2.24) is 24.9 Å². The normalized spacial score (nSPS) is 34.0. The lowest BCUT2D eigenvalue weighted by atomic mass is 9.54. The smallest absolute Gasteiger partial charge is 0.340 e. The molecule has 1 amide bonds. The zero-order chi connectivity index (χ0) is 34.0. The van der Waals surface area contributed by atoms with E-state index in [-0.39, 0.29) is 40.1 Å². The third-order valence-corrected chi connectivity index (χ3v) is 12.7.